The molecule has 0 atom stereocenters. The molecule has 0 fully saturated rings. The normalized spacial score (nSPS) is 12.2. The summed E-state index contributed by atoms with van der Waals surface area (Å²) in [7, 11) is 0. The van der Waals surface area contributed by atoms with Crippen molar-refractivity contribution in [3.63, 3.8) is 0 Å². The standard InChI is InChI=1S/C13H12BrF3N2/c1-8(2)19-12(14)7-11(18-19)9-4-3-5-10(6-9)13(15,16)17/h3-8H,1-2H3. The highest BCUT2D eigenvalue weighted by atomic mass is 79.9. The molecule has 0 aliphatic heterocycles. The van der Waals surface area contributed by atoms with Gasteiger partial charge < -0.3 is 0 Å². The molecule has 0 spiro atoms. The largest absolute Gasteiger partial charge is 0.416 e. The maximum atomic E-state index is 12.7. The Morgan fingerprint density at radius 3 is 2.42 bits per heavy atom. The summed E-state index contributed by atoms with van der Waals surface area (Å²) in [5.74, 6) is 0. The van der Waals surface area contributed by atoms with Crippen LogP contribution < -0.4 is 0 Å². The van der Waals surface area contributed by atoms with Crippen molar-refractivity contribution in [2.45, 2.75) is 26.1 Å². The van der Waals surface area contributed by atoms with E-state index in [2.05, 4.69) is 21.0 Å². The molecule has 19 heavy (non-hydrogen) atoms. The molecule has 0 aliphatic rings. The van der Waals surface area contributed by atoms with Gasteiger partial charge in [0.2, 0.25) is 0 Å². The molecule has 0 amide bonds. The number of aromatic nitrogens is 2. The minimum Gasteiger partial charge on any atom is -0.255 e. The fourth-order valence-electron chi connectivity index (χ4n) is 1.73. The molecule has 0 saturated heterocycles. The second kappa shape index (κ2) is 5.00. The van der Waals surface area contributed by atoms with Crippen LogP contribution in [0.4, 0.5) is 13.2 Å². The third-order valence-corrected chi connectivity index (χ3v) is 3.26. The molecule has 0 radical (unpaired) electrons. The summed E-state index contributed by atoms with van der Waals surface area (Å²) in [4.78, 5) is 0. The molecule has 0 saturated carbocycles. The van der Waals surface area contributed by atoms with E-state index in [0.29, 0.717) is 11.3 Å². The topological polar surface area (TPSA) is 17.8 Å². The van der Waals surface area contributed by atoms with Crippen molar-refractivity contribution in [1.29, 1.82) is 0 Å². The molecule has 0 N–H and O–H groups in total. The average molecular weight is 333 g/mol. The van der Waals surface area contributed by atoms with Crippen molar-refractivity contribution in [1.82, 2.24) is 9.78 Å². The van der Waals surface area contributed by atoms with Gasteiger partial charge in [0.15, 0.2) is 0 Å². The van der Waals surface area contributed by atoms with E-state index in [1.165, 1.54) is 6.07 Å². The highest BCUT2D eigenvalue weighted by Crippen LogP contribution is 2.32. The SMILES string of the molecule is CC(C)n1nc(-c2cccc(C(F)(F)F)c2)cc1Br. The number of rotatable bonds is 2. The summed E-state index contributed by atoms with van der Waals surface area (Å²) in [6.45, 7) is 3.90. The monoisotopic (exact) mass is 332 g/mol. The van der Waals surface area contributed by atoms with Crippen LogP contribution in [0.5, 0.6) is 0 Å². The molecule has 0 aliphatic carbocycles. The van der Waals surface area contributed by atoms with Gasteiger partial charge in [0.05, 0.1) is 11.3 Å². The van der Waals surface area contributed by atoms with Gasteiger partial charge in [0, 0.05) is 11.6 Å². The van der Waals surface area contributed by atoms with Gasteiger partial charge >= 0.3 is 6.18 Å². The highest BCUT2D eigenvalue weighted by molar-refractivity contribution is 9.10. The van der Waals surface area contributed by atoms with Crippen molar-refractivity contribution in [2.75, 3.05) is 0 Å². The highest BCUT2D eigenvalue weighted by Gasteiger charge is 2.30. The zero-order valence-electron chi connectivity index (χ0n) is 10.4. The van der Waals surface area contributed by atoms with Gasteiger partial charge in [-0.15, -0.1) is 0 Å². The van der Waals surface area contributed by atoms with Crippen LogP contribution in [0.25, 0.3) is 11.3 Å². The molecule has 2 rings (SSSR count). The Morgan fingerprint density at radius 2 is 1.89 bits per heavy atom. The lowest BCUT2D eigenvalue weighted by Gasteiger charge is -2.08. The molecule has 0 unspecified atom stereocenters. The number of alkyl halides is 3. The van der Waals surface area contributed by atoms with Crippen LogP contribution in [-0.2, 0) is 6.18 Å². The van der Waals surface area contributed by atoms with Gasteiger partial charge in [-0.25, -0.2) is 0 Å². The van der Waals surface area contributed by atoms with Crippen LogP contribution in [0.1, 0.15) is 25.5 Å². The average Bonchev–Trinajstić information content (AvgIpc) is 2.70. The summed E-state index contributed by atoms with van der Waals surface area (Å²) in [5.41, 5.74) is 0.307. The Bertz CT molecular complexity index is 588. The zero-order valence-corrected chi connectivity index (χ0v) is 12.0. The summed E-state index contributed by atoms with van der Waals surface area (Å²) in [6.07, 6.45) is -4.34. The molecule has 1 aromatic heterocycles. The molecule has 2 aromatic rings. The first kappa shape index (κ1) is 14.1. The maximum absolute atomic E-state index is 12.7. The first-order chi connectivity index (χ1) is 8.79. The summed E-state index contributed by atoms with van der Waals surface area (Å²) in [6, 6.07) is 7.02. The van der Waals surface area contributed by atoms with Gasteiger partial charge in [-0.2, -0.15) is 18.3 Å². The Morgan fingerprint density at radius 1 is 1.21 bits per heavy atom. The van der Waals surface area contributed by atoms with Crippen LogP contribution in [0.15, 0.2) is 34.9 Å². The lowest BCUT2D eigenvalue weighted by atomic mass is 10.1. The van der Waals surface area contributed by atoms with Crippen LogP contribution in [0, 0.1) is 0 Å². The van der Waals surface area contributed by atoms with E-state index in [4.69, 9.17) is 0 Å². The smallest absolute Gasteiger partial charge is 0.255 e. The Kier molecular flexibility index (Phi) is 3.71. The van der Waals surface area contributed by atoms with E-state index in [-0.39, 0.29) is 6.04 Å². The number of hydrogen-bond acceptors (Lipinski definition) is 1. The first-order valence-corrected chi connectivity index (χ1v) is 6.51. The molecule has 6 heteroatoms. The van der Waals surface area contributed by atoms with Crippen molar-refractivity contribution in [2.24, 2.45) is 0 Å². The second-order valence-corrected chi connectivity index (χ2v) is 5.28. The van der Waals surface area contributed by atoms with E-state index < -0.39 is 11.7 Å². The zero-order chi connectivity index (χ0) is 14.2. The van der Waals surface area contributed by atoms with E-state index in [1.54, 1.807) is 16.8 Å². The van der Waals surface area contributed by atoms with E-state index in [0.717, 1.165) is 16.7 Å². The number of hydrogen-bond donors (Lipinski definition) is 0. The molecule has 0 bridgehead atoms. The fourth-order valence-corrected chi connectivity index (χ4v) is 2.44. The van der Waals surface area contributed by atoms with Gasteiger partial charge in [-0.1, -0.05) is 12.1 Å². The number of halogens is 4. The lowest BCUT2D eigenvalue weighted by Crippen LogP contribution is -2.05. The molecule has 102 valence electrons. The van der Waals surface area contributed by atoms with Crippen molar-refractivity contribution >= 4 is 15.9 Å². The maximum Gasteiger partial charge on any atom is 0.416 e. The minimum atomic E-state index is -4.34. The van der Waals surface area contributed by atoms with Gasteiger partial charge in [0.1, 0.15) is 4.60 Å². The van der Waals surface area contributed by atoms with Crippen LogP contribution in [-0.4, -0.2) is 9.78 Å². The van der Waals surface area contributed by atoms with Gasteiger partial charge in [-0.3, -0.25) is 4.68 Å². The van der Waals surface area contributed by atoms with E-state index >= 15 is 0 Å². The predicted molar refractivity (Wildman–Crippen MR) is 70.8 cm³/mol. The molecule has 1 aromatic carbocycles. The van der Waals surface area contributed by atoms with Crippen LogP contribution >= 0.6 is 15.9 Å². The third kappa shape index (κ3) is 3.00. The summed E-state index contributed by atoms with van der Waals surface area (Å²) >= 11 is 3.35. The van der Waals surface area contributed by atoms with Gasteiger partial charge in [0.25, 0.3) is 0 Å². The van der Waals surface area contributed by atoms with Crippen LogP contribution in [0.3, 0.4) is 0 Å². The third-order valence-electron chi connectivity index (χ3n) is 2.66. The predicted octanol–water partition coefficient (Wildman–Crippen LogP) is 4.91. The molecular formula is C13H12BrF3N2. The van der Waals surface area contributed by atoms with Crippen molar-refractivity contribution < 1.29 is 13.2 Å². The van der Waals surface area contributed by atoms with Crippen LogP contribution in [0.2, 0.25) is 0 Å². The molecule has 1 heterocycles. The first-order valence-electron chi connectivity index (χ1n) is 5.71. The Labute approximate surface area is 117 Å². The second-order valence-electron chi connectivity index (χ2n) is 4.47. The molecular weight excluding hydrogens is 321 g/mol. The Hall–Kier alpha value is -1.30. The van der Waals surface area contributed by atoms with Gasteiger partial charge in [-0.05, 0) is 48.0 Å². The van der Waals surface area contributed by atoms with E-state index in [1.807, 2.05) is 13.8 Å². The quantitative estimate of drug-likeness (QED) is 0.763. The number of nitrogens with zero attached hydrogens (tertiary/aromatic N) is 2. The number of benzene rings is 1. The minimum absolute atomic E-state index is 0.133. The fraction of sp³-hybridized carbons (Fsp3) is 0.308. The molecule has 2 nitrogen and oxygen atoms in total. The van der Waals surface area contributed by atoms with Crippen molar-refractivity contribution in [3.05, 3.63) is 40.5 Å². The van der Waals surface area contributed by atoms with E-state index in [9.17, 15) is 13.2 Å². The summed E-state index contributed by atoms with van der Waals surface area (Å²) < 4.78 is 40.4. The Balaban J connectivity index is 2.45. The van der Waals surface area contributed by atoms with Crippen molar-refractivity contribution in [3.8, 4) is 11.3 Å². The summed E-state index contributed by atoms with van der Waals surface area (Å²) in [5, 5.41) is 4.31. The lowest BCUT2D eigenvalue weighted by molar-refractivity contribution is -0.137.